The fraction of sp³-hybridized carbons (Fsp3) is 1.00. The van der Waals surface area contributed by atoms with Crippen molar-refractivity contribution in [3.63, 3.8) is 0 Å². The van der Waals surface area contributed by atoms with Gasteiger partial charge in [-0.15, -0.1) is 0 Å². The van der Waals surface area contributed by atoms with Gasteiger partial charge in [-0.25, -0.2) is 0 Å². The molecule has 3 heteroatoms. The monoisotopic (exact) mass is 244 g/mol. The van der Waals surface area contributed by atoms with Gasteiger partial charge in [-0.05, 0) is 59.8 Å². The molecule has 0 aromatic carbocycles. The Morgan fingerprint density at radius 2 is 1.76 bits per heavy atom. The van der Waals surface area contributed by atoms with Crippen molar-refractivity contribution in [1.29, 1.82) is 0 Å². The van der Waals surface area contributed by atoms with Crippen LogP contribution in [-0.4, -0.2) is 63.3 Å². The summed E-state index contributed by atoms with van der Waals surface area (Å²) in [5.41, 5.74) is 0. The van der Waals surface area contributed by atoms with E-state index in [2.05, 4.69) is 37.7 Å². The molecule has 0 aromatic rings. The van der Waals surface area contributed by atoms with Crippen LogP contribution in [0.2, 0.25) is 0 Å². The molecule has 0 amide bonds. The second-order valence-electron chi connectivity index (χ2n) is 5.12. The minimum Gasteiger partial charge on any atom is -0.385 e. The van der Waals surface area contributed by atoms with Crippen molar-refractivity contribution in [3.8, 4) is 0 Å². The number of ether oxygens (including phenoxy) is 1. The van der Waals surface area contributed by atoms with Gasteiger partial charge in [-0.2, -0.15) is 0 Å². The van der Waals surface area contributed by atoms with E-state index in [1.54, 1.807) is 7.11 Å². The van der Waals surface area contributed by atoms with Gasteiger partial charge >= 0.3 is 0 Å². The van der Waals surface area contributed by atoms with Crippen LogP contribution in [0.5, 0.6) is 0 Å². The van der Waals surface area contributed by atoms with E-state index >= 15 is 0 Å². The number of nitrogens with zero attached hydrogens (tertiary/aromatic N) is 2. The number of hydrogen-bond donors (Lipinski definition) is 0. The van der Waals surface area contributed by atoms with Gasteiger partial charge in [0.25, 0.3) is 0 Å². The lowest BCUT2D eigenvalue weighted by Crippen LogP contribution is -2.31. The van der Waals surface area contributed by atoms with Crippen molar-refractivity contribution < 1.29 is 4.74 Å². The Bertz CT molecular complexity index is 164. The normalized spacial score (nSPS) is 13.6. The van der Waals surface area contributed by atoms with Crippen molar-refractivity contribution in [2.75, 3.05) is 47.4 Å². The summed E-state index contributed by atoms with van der Waals surface area (Å²) in [7, 11) is 6.21. The fourth-order valence-corrected chi connectivity index (χ4v) is 2.05. The molecule has 3 nitrogen and oxygen atoms in total. The highest BCUT2D eigenvalue weighted by molar-refractivity contribution is 4.64. The summed E-state index contributed by atoms with van der Waals surface area (Å²) < 4.78 is 5.08. The molecule has 17 heavy (non-hydrogen) atoms. The van der Waals surface area contributed by atoms with Gasteiger partial charge in [0.2, 0.25) is 0 Å². The van der Waals surface area contributed by atoms with E-state index in [9.17, 15) is 0 Å². The molecular formula is C14H32N2O. The lowest BCUT2D eigenvalue weighted by molar-refractivity contribution is 0.164. The zero-order valence-electron chi connectivity index (χ0n) is 12.5. The summed E-state index contributed by atoms with van der Waals surface area (Å²) >= 11 is 0. The van der Waals surface area contributed by atoms with Gasteiger partial charge in [-0.3, -0.25) is 0 Å². The van der Waals surface area contributed by atoms with Crippen molar-refractivity contribution in [2.24, 2.45) is 0 Å². The van der Waals surface area contributed by atoms with Crippen LogP contribution in [-0.2, 0) is 4.74 Å². The molecule has 0 saturated carbocycles. The second kappa shape index (κ2) is 11.0. The maximum atomic E-state index is 5.08. The Hall–Kier alpha value is -0.120. The molecule has 1 unspecified atom stereocenters. The Balaban J connectivity index is 3.52. The SMILES string of the molecule is CCCN(C)CCCC(C)N(C)CCCOC. The van der Waals surface area contributed by atoms with Gasteiger partial charge < -0.3 is 14.5 Å². The Labute approximate surface area is 108 Å². The first-order chi connectivity index (χ1) is 8.11. The van der Waals surface area contributed by atoms with Crippen molar-refractivity contribution >= 4 is 0 Å². The number of hydrogen-bond acceptors (Lipinski definition) is 3. The predicted octanol–water partition coefficient (Wildman–Crippen LogP) is 2.47. The Morgan fingerprint density at radius 1 is 1.06 bits per heavy atom. The first-order valence-corrected chi connectivity index (χ1v) is 6.99. The maximum Gasteiger partial charge on any atom is 0.0474 e. The average molecular weight is 244 g/mol. The summed E-state index contributed by atoms with van der Waals surface area (Å²) in [6, 6.07) is 0.682. The smallest absolute Gasteiger partial charge is 0.0474 e. The van der Waals surface area contributed by atoms with E-state index in [0.717, 1.165) is 19.6 Å². The van der Waals surface area contributed by atoms with Crippen LogP contribution in [0, 0.1) is 0 Å². The van der Waals surface area contributed by atoms with Crippen LogP contribution in [0.15, 0.2) is 0 Å². The third kappa shape index (κ3) is 9.57. The molecule has 0 bridgehead atoms. The van der Waals surface area contributed by atoms with Crippen molar-refractivity contribution in [2.45, 2.75) is 45.6 Å². The Morgan fingerprint density at radius 3 is 2.35 bits per heavy atom. The predicted molar refractivity (Wildman–Crippen MR) is 75.6 cm³/mol. The molecule has 1 atom stereocenters. The first-order valence-electron chi connectivity index (χ1n) is 6.99. The van der Waals surface area contributed by atoms with Crippen LogP contribution in [0.3, 0.4) is 0 Å². The van der Waals surface area contributed by atoms with E-state index in [1.165, 1.54) is 32.4 Å². The minimum atomic E-state index is 0.682. The molecule has 0 saturated heterocycles. The van der Waals surface area contributed by atoms with E-state index in [0.29, 0.717) is 6.04 Å². The van der Waals surface area contributed by atoms with Gasteiger partial charge in [-0.1, -0.05) is 6.92 Å². The molecule has 0 radical (unpaired) electrons. The summed E-state index contributed by atoms with van der Waals surface area (Å²) in [4.78, 5) is 4.87. The molecule has 0 aliphatic heterocycles. The van der Waals surface area contributed by atoms with Crippen molar-refractivity contribution in [3.05, 3.63) is 0 Å². The largest absolute Gasteiger partial charge is 0.385 e. The van der Waals surface area contributed by atoms with Gasteiger partial charge in [0.15, 0.2) is 0 Å². The standard InChI is InChI=1S/C14H32N2O/c1-6-10-15(3)11-7-9-14(2)16(4)12-8-13-17-5/h14H,6-13H2,1-5H3. The fourth-order valence-electron chi connectivity index (χ4n) is 2.05. The topological polar surface area (TPSA) is 15.7 Å². The minimum absolute atomic E-state index is 0.682. The molecule has 0 N–H and O–H groups in total. The van der Waals surface area contributed by atoms with E-state index in [-0.39, 0.29) is 0 Å². The van der Waals surface area contributed by atoms with Gasteiger partial charge in [0.1, 0.15) is 0 Å². The highest BCUT2D eigenvalue weighted by Crippen LogP contribution is 2.06. The molecular weight excluding hydrogens is 212 g/mol. The lowest BCUT2D eigenvalue weighted by atomic mass is 10.1. The molecule has 0 rings (SSSR count). The molecule has 0 fully saturated rings. The van der Waals surface area contributed by atoms with E-state index in [4.69, 9.17) is 4.74 Å². The average Bonchev–Trinajstić information content (AvgIpc) is 2.29. The third-order valence-electron chi connectivity index (χ3n) is 3.38. The number of rotatable bonds is 11. The van der Waals surface area contributed by atoms with Crippen molar-refractivity contribution in [1.82, 2.24) is 9.80 Å². The van der Waals surface area contributed by atoms with Crippen LogP contribution < -0.4 is 0 Å². The van der Waals surface area contributed by atoms with Gasteiger partial charge in [0.05, 0.1) is 0 Å². The van der Waals surface area contributed by atoms with Crippen LogP contribution in [0.4, 0.5) is 0 Å². The number of methoxy groups -OCH3 is 1. The van der Waals surface area contributed by atoms with Gasteiger partial charge in [0, 0.05) is 26.3 Å². The maximum absolute atomic E-state index is 5.08. The first kappa shape index (κ1) is 16.9. The third-order valence-corrected chi connectivity index (χ3v) is 3.38. The summed E-state index contributed by atoms with van der Waals surface area (Å²) in [5, 5.41) is 0. The molecule has 104 valence electrons. The van der Waals surface area contributed by atoms with E-state index < -0.39 is 0 Å². The van der Waals surface area contributed by atoms with Crippen LogP contribution in [0.1, 0.15) is 39.5 Å². The molecule has 0 aromatic heterocycles. The highest BCUT2D eigenvalue weighted by Gasteiger charge is 2.08. The Kier molecular flexibility index (Phi) is 10.9. The quantitative estimate of drug-likeness (QED) is 0.519. The molecule has 0 aliphatic rings. The molecule has 0 spiro atoms. The van der Waals surface area contributed by atoms with E-state index in [1.807, 2.05) is 0 Å². The highest BCUT2D eigenvalue weighted by atomic mass is 16.5. The summed E-state index contributed by atoms with van der Waals surface area (Å²) in [6.07, 6.45) is 4.97. The lowest BCUT2D eigenvalue weighted by Gasteiger charge is -2.25. The summed E-state index contributed by atoms with van der Waals surface area (Å²) in [5.74, 6) is 0. The summed E-state index contributed by atoms with van der Waals surface area (Å²) in [6.45, 7) is 9.02. The van der Waals surface area contributed by atoms with Crippen LogP contribution >= 0.6 is 0 Å². The van der Waals surface area contributed by atoms with Crippen LogP contribution in [0.25, 0.3) is 0 Å². The zero-order chi connectivity index (χ0) is 13.1. The molecule has 0 aliphatic carbocycles. The second-order valence-corrected chi connectivity index (χ2v) is 5.12. The molecule has 0 heterocycles. The zero-order valence-corrected chi connectivity index (χ0v) is 12.5.